The van der Waals surface area contributed by atoms with Gasteiger partial charge < -0.3 is 19.3 Å². The van der Waals surface area contributed by atoms with Gasteiger partial charge in [-0.2, -0.15) is 0 Å². The van der Waals surface area contributed by atoms with Crippen molar-refractivity contribution in [3.63, 3.8) is 0 Å². The average molecular weight is 418 g/mol. The summed E-state index contributed by atoms with van der Waals surface area (Å²) in [5.74, 6) is -0.419. The summed E-state index contributed by atoms with van der Waals surface area (Å²) in [6.07, 6.45) is 0.454. The zero-order valence-electron chi connectivity index (χ0n) is 18.4. The van der Waals surface area contributed by atoms with Crippen LogP contribution in [0.15, 0.2) is 18.2 Å². The first kappa shape index (κ1) is 22.1. The first-order valence-electron chi connectivity index (χ1n) is 10.3. The van der Waals surface area contributed by atoms with Crippen LogP contribution in [-0.4, -0.2) is 79.2 Å². The Hall–Kier alpha value is -2.61. The zero-order valence-corrected chi connectivity index (χ0v) is 18.4. The monoisotopic (exact) mass is 417 g/mol. The molecule has 2 aliphatic heterocycles. The average Bonchev–Trinajstić information content (AvgIpc) is 3.09. The Balaban J connectivity index is 1.61. The molecule has 8 nitrogen and oxygen atoms in total. The number of benzene rings is 1. The maximum Gasteiger partial charge on any atom is 0.410 e. The summed E-state index contributed by atoms with van der Waals surface area (Å²) >= 11 is 0. The Kier molecular flexibility index (Phi) is 6.36. The first-order valence-corrected chi connectivity index (χ1v) is 10.3. The van der Waals surface area contributed by atoms with Gasteiger partial charge in [-0.1, -0.05) is 6.07 Å². The Labute approximate surface area is 177 Å². The van der Waals surface area contributed by atoms with Crippen molar-refractivity contribution in [2.45, 2.75) is 45.8 Å². The lowest BCUT2D eigenvalue weighted by Gasteiger charge is -2.40. The van der Waals surface area contributed by atoms with E-state index in [4.69, 9.17) is 9.47 Å². The molecule has 0 aromatic heterocycles. The molecule has 2 heterocycles. The number of hydrogen-bond donors (Lipinski definition) is 0. The molecule has 2 aliphatic rings. The second-order valence-electron chi connectivity index (χ2n) is 8.89. The second kappa shape index (κ2) is 8.63. The molecule has 0 bridgehead atoms. The van der Waals surface area contributed by atoms with Gasteiger partial charge in [0.2, 0.25) is 5.91 Å². The smallest absolute Gasteiger partial charge is 0.410 e. The minimum absolute atomic E-state index is 0.00585. The van der Waals surface area contributed by atoms with Crippen LogP contribution in [0.1, 0.15) is 43.6 Å². The van der Waals surface area contributed by atoms with Gasteiger partial charge in [-0.05, 0) is 51.8 Å². The summed E-state index contributed by atoms with van der Waals surface area (Å²) in [5.41, 5.74) is 1.74. The number of carbonyl (C=O) groups excluding carboxylic acids is 3. The van der Waals surface area contributed by atoms with Crippen LogP contribution in [0.5, 0.6) is 0 Å². The van der Waals surface area contributed by atoms with Crippen LogP contribution in [0, 0.1) is 0 Å². The summed E-state index contributed by atoms with van der Waals surface area (Å²) in [6, 6.07) is 5.31. The number of carbonyl (C=O) groups is 3. The van der Waals surface area contributed by atoms with Crippen LogP contribution in [0.4, 0.5) is 10.5 Å². The van der Waals surface area contributed by atoms with E-state index in [1.807, 2.05) is 33.8 Å². The lowest BCUT2D eigenvalue weighted by molar-refractivity contribution is -0.120. The predicted octanol–water partition coefficient (Wildman–Crippen LogP) is 2.30. The number of rotatable bonds is 3. The highest BCUT2D eigenvalue weighted by Gasteiger charge is 2.33. The maximum atomic E-state index is 13.0. The fourth-order valence-corrected chi connectivity index (χ4v) is 3.93. The molecule has 0 radical (unpaired) electrons. The molecular formula is C22H31N3O5. The Bertz CT molecular complexity index is 833. The van der Waals surface area contributed by atoms with Crippen molar-refractivity contribution in [3.05, 3.63) is 29.3 Å². The number of ether oxygens (including phenoxy) is 2. The number of nitrogens with zero attached hydrogens (tertiary/aromatic N) is 3. The molecule has 3 rings (SSSR count). The van der Waals surface area contributed by atoms with Gasteiger partial charge in [-0.25, -0.2) is 9.59 Å². The molecule has 1 saturated heterocycles. The van der Waals surface area contributed by atoms with Crippen LogP contribution in [0.3, 0.4) is 0 Å². The van der Waals surface area contributed by atoms with Crippen LogP contribution in [0.25, 0.3) is 0 Å². The van der Waals surface area contributed by atoms with E-state index >= 15 is 0 Å². The van der Waals surface area contributed by atoms with Gasteiger partial charge in [0, 0.05) is 37.9 Å². The van der Waals surface area contributed by atoms with Gasteiger partial charge in [0.15, 0.2) is 0 Å². The Morgan fingerprint density at radius 3 is 2.50 bits per heavy atom. The van der Waals surface area contributed by atoms with Gasteiger partial charge in [0.05, 0.1) is 19.2 Å². The van der Waals surface area contributed by atoms with E-state index in [9.17, 15) is 14.4 Å². The SMILES string of the molecule is COC(=O)c1ccc2c(c1)N(C(=O)CN1CCN(C(=O)OC(C)(C)C)C(C)C1)CC2. The summed E-state index contributed by atoms with van der Waals surface area (Å²) in [4.78, 5) is 42.8. The van der Waals surface area contributed by atoms with E-state index in [-0.39, 0.29) is 24.6 Å². The Morgan fingerprint density at radius 2 is 1.87 bits per heavy atom. The minimum Gasteiger partial charge on any atom is -0.465 e. The summed E-state index contributed by atoms with van der Waals surface area (Å²) in [5, 5.41) is 0. The van der Waals surface area contributed by atoms with Crippen LogP contribution in [-0.2, 0) is 20.7 Å². The molecule has 1 unspecified atom stereocenters. The number of amides is 2. The minimum atomic E-state index is -0.532. The molecular weight excluding hydrogens is 386 g/mol. The van der Waals surface area contributed by atoms with Crippen molar-refractivity contribution in [1.29, 1.82) is 0 Å². The quantitative estimate of drug-likeness (QED) is 0.702. The number of hydrogen-bond acceptors (Lipinski definition) is 6. The highest BCUT2D eigenvalue weighted by atomic mass is 16.6. The number of anilines is 1. The predicted molar refractivity (Wildman–Crippen MR) is 113 cm³/mol. The van der Waals surface area contributed by atoms with Crippen LogP contribution < -0.4 is 4.90 Å². The fourth-order valence-electron chi connectivity index (χ4n) is 3.93. The lowest BCUT2D eigenvalue weighted by atomic mass is 10.1. The highest BCUT2D eigenvalue weighted by molar-refractivity contribution is 5.99. The molecule has 0 saturated carbocycles. The van der Waals surface area contributed by atoms with Crippen molar-refractivity contribution >= 4 is 23.7 Å². The first-order chi connectivity index (χ1) is 14.1. The standard InChI is InChI=1S/C22H31N3O5/c1-15-13-23(10-11-24(15)21(28)30-22(2,3)4)14-19(26)25-9-8-16-6-7-17(12-18(16)25)20(27)29-5/h6-7,12,15H,8-11,13-14H2,1-5H3. The molecule has 8 heteroatoms. The summed E-state index contributed by atoms with van der Waals surface area (Å²) in [6.45, 7) is 10.1. The van der Waals surface area contributed by atoms with Gasteiger partial charge >= 0.3 is 12.1 Å². The highest BCUT2D eigenvalue weighted by Crippen LogP contribution is 2.29. The molecule has 2 amide bonds. The third-order valence-corrected chi connectivity index (χ3v) is 5.40. The molecule has 1 aromatic rings. The zero-order chi connectivity index (χ0) is 22.1. The molecule has 1 atom stereocenters. The molecule has 30 heavy (non-hydrogen) atoms. The third-order valence-electron chi connectivity index (χ3n) is 5.40. The molecule has 1 aromatic carbocycles. The van der Waals surface area contributed by atoms with Crippen molar-refractivity contribution in [2.24, 2.45) is 0 Å². The largest absolute Gasteiger partial charge is 0.465 e. The number of piperazine rings is 1. The van der Waals surface area contributed by atoms with Gasteiger partial charge in [-0.15, -0.1) is 0 Å². The van der Waals surface area contributed by atoms with E-state index < -0.39 is 11.6 Å². The second-order valence-corrected chi connectivity index (χ2v) is 8.89. The van der Waals surface area contributed by atoms with Crippen LogP contribution >= 0.6 is 0 Å². The number of fused-ring (bicyclic) bond motifs is 1. The number of methoxy groups -OCH3 is 1. The summed E-state index contributed by atoms with van der Waals surface area (Å²) < 4.78 is 10.3. The van der Waals surface area contributed by atoms with Gasteiger partial charge in [0.25, 0.3) is 0 Å². The lowest BCUT2D eigenvalue weighted by Crippen LogP contribution is -2.56. The third kappa shape index (κ3) is 4.92. The van der Waals surface area contributed by atoms with E-state index in [0.29, 0.717) is 31.7 Å². The van der Waals surface area contributed by atoms with E-state index in [0.717, 1.165) is 17.7 Å². The number of esters is 1. The summed E-state index contributed by atoms with van der Waals surface area (Å²) in [7, 11) is 1.34. The van der Waals surface area contributed by atoms with E-state index in [2.05, 4.69) is 4.90 Å². The topological polar surface area (TPSA) is 79.4 Å². The normalized spacial score (nSPS) is 19.4. The fraction of sp³-hybridized carbons (Fsp3) is 0.591. The molecule has 1 fully saturated rings. The Morgan fingerprint density at radius 1 is 1.13 bits per heavy atom. The molecule has 0 N–H and O–H groups in total. The van der Waals surface area contributed by atoms with Crippen molar-refractivity contribution < 1.29 is 23.9 Å². The van der Waals surface area contributed by atoms with Gasteiger partial charge in [-0.3, -0.25) is 9.69 Å². The van der Waals surface area contributed by atoms with Crippen molar-refractivity contribution in [1.82, 2.24) is 9.80 Å². The maximum absolute atomic E-state index is 13.0. The van der Waals surface area contributed by atoms with Crippen LogP contribution in [0.2, 0.25) is 0 Å². The molecule has 0 aliphatic carbocycles. The van der Waals surface area contributed by atoms with Crippen molar-refractivity contribution in [2.75, 3.05) is 44.7 Å². The molecule has 0 spiro atoms. The van der Waals surface area contributed by atoms with E-state index in [1.54, 1.807) is 21.9 Å². The molecule has 164 valence electrons. The van der Waals surface area contributed by atoms with Crippen molar-refractivity contribution in [3.8, 4) is 0 Å². The van der Waals surface area contributed by atoms with E-state index in [1.165, 1.54) is 7.11 Å². The van der Waals surface area contributed by atoms with Gasteiger partial charge in [0.1, 0.15) is 5.60 Å².